The number of aromatic nitrogens is 1. The van der Waals surface area contributed by atoms with Crippen LogP contribution in [0.15, 0.2) is 18.5 Å². The zero-order valence-corrected chi connectivity index (χ0v) is 8.28. The smallest absolute Gasteiger partial charge is 0.0471 e. The van der Waals surface area contributed by atoms with Crippen LogP contribution in [0.4, 0.5) is 0 Å². The molecule has 1 fully saturated rings. The largest absolute Gasteiger partial charge is 0.381 e. The second-order valence-electron chi connectivity index (χ2n) is 3.72. The first kappa shape index (κ1) is 9.62. The van der Waals surface area contributed by atoms with Gasteiger partial charge in [0.2, 0.25) is 0 Å². The van der Waals surface area contributed by atoms with Crippen LogP contribution in [0.1, 0.15) is 29.9 Å². The first-order valence-electron chi connectivity index (χ1n) is 5.12. The summed E-state index contributed by atoms with van der Waals surface area (Å²) in [6.07, 6.45) is 6.00. The normalized spacial score (nSPS) is 18.4. The van der Waals surface area contributed by atoms with E-state index in [1.54, 1.807) is 0 Å². The summed E-state index contributed by atoms with van der Waals surface area (Å²) < 4.78 is 5.33. The molecule has 1 saturated heterocycles. The van der Waals surface area contributed by atoms with Crippen LogP contribution in [0.5, 0.6) is 0 Å². The molecule has 0 aliphatic carbocycles. The molecule has 1 aliphatic heterocycles. The Labute approximate surface area is 84.3 Å². The zero-order valence-electron chi connectivity index (χ0n) is 8.28. The van der Waals surface area contributed by atoms with E-state index in [0.29, 0.717) is 12.5 Å². The Morgan fingerprint density at radius 3 is 2.86 bits per heavy atom. The Morgan fingerprint density at radius 1 is 1.36 bits per heavy atom. The number of hydrogen-bond acceptors (Lipinski definition) is 3. The number of rotatable bonds is 2. The summed E-state index contributed by atoms with van der Waals surface area (Å²) in [7, 11) is 0. The van der Waals surface area contributed by atoms with Gasteiger partial charge in [0.25, 0.3) is 0 Å². The fourth-order valence-corrected chi connectivity index (χ4v) is 1.87. The van der Waals surface area contributed by atoms with Crippen molar-refractivity contribution in [2.24, 2.45) is 5.73 Å². The van der Waals surface area contributed by atoms with Crippen LogP contribution in [0, 0.1) is 0 Å². The third-order valence-electron chi connectivity index (χ3n) is 2.74. The Morgan fingerprint density at radius 2 is 2.14 bits per heavy atom. The minimum Gasteiger partial charge on any atom is -0.381 e. The van der Waals surface area contributed by atoms with E-state index in [9.17, 15) is 0 Å². The molecule has 3 nitrogen and oxygen atoms in total. The minimum atomic E-state index is 0.573. The summed E-state index contributed by atoms with van der Waals surface area (Å²) in [5.41, 5.74) is 8.02. The van der Waals surface area contributed by atoms with Crippen molar-refractivity contribution >= 4 is 0 Å². The van der Waals surface area contributed by atoms with Crippen molar-refractivity contribution in [2.45, 2.75) is 25.3 Å². The molecule has 3 heteroatoms. The molecule has 0 spiro atoms. The third-order valence-corrected chi connectivity index (χ3v) is 2.74. The molecule has 2 N–H and O–H groups in total. The molecule has 0 aromatic carbocycles. The van der Waals surface area contributed by atoms with E-state index in [1.807, 2.05) is 12.4 Å². The van der Waals surface area contributed by atoms with E-state index in [0.717, 1.165) is 31.6 Å². The van der Waals surface area contributed by atoms with E-state index in [4.69, 9.17) is 10.5 Å². The summed E-state index contributed by atoms with van der Waals surface area (Å²) in [5, 5.41) is 0. The molecule has 2 heterocycles. The summed E-state index contributed by atoms with van der Waals surface area (Å²) in [6, 6.07) is 2.17. The lowest BCUT2D eigenvalue weighted by Gasteiger charge is -2.22. The van der Waals surface area contributed by atoms with Gasteiger partial charge in [0.1, 0.15) is 0 Å². The summed E-state index contributed by atoms with van der Waals surface area (Å²) in [5.74, 6) is 0.614. The van der Waals surface area contributed by atoms with Gasteiger partial charge in [-0.1, -0.05) is 6.07 Å². The predicted molar refractivity (Wildman–Crippen MR) is 54.9 cm³/mol. The fraction of sp³-hybridized carbons (Fsp3) is 0.545. The van der Waals surface area contributed by atoms with Crippen molar-refractivity contribution < 1.29 is 4.74 Å². The van der Waals surface area contributed by atoms with Crippen LogP contribution >= 0.6 is 0 Å². The van der Waals surface area contributed by atoms with Crippen molar-refractivity contribution in [3.63, 3.8) is 0 Å². The van der Waals surface area contributed by atoms with Crippen molar-refractivity contribution in [3.8, 4) is 0 Å². The molecule has 2 rings (SSSR count). The lowest BCUT2D eigenvalue weighted by molar-refractivity contribution is 0.0852. The second-order valence-corrected chi connectivity index (χ2v) is 3.72. The van der Waals surface area contributed by atoms with Crippen molar-refractivity contribution in [1.82, 2.24) is 4.98 Å². The maximum Gasteiger partial charge on any atom is 0.0471 e. The van der Waals surface area contributed by atoms with E-state index in [2.05, 4.69) is 11.1 Å². The van der Waals surface area contributed by atoms with E-state index >= 15 is 0 Å². The topological polar surface area (TPSA) is 48.1 Å². The zero-order chi connectivity index (χ0) is 9.80. The Balaban J connectivity index is 2.13. The number of ether oxygens (including phenoxy) is 1. The maximum atomic E-state index is 5.58. The molecule has 1 aliphatic rings. The average Bonchev–Trinajstić information content (AvgIpc) is 2.30. The van der Waals surface area contributed by atoms with E-state index in [1.165, 1.54) is 5.56 Å². The predicted octanol–water partition coefficient (Wildman–Crippen LogP) is 1.43. The molecule has 0 unspecified atom stereocenters. The molecule has 1 aromatic rings. The van der Waals surface area contributed by atoms with Gasteiger partial charge in [0, 0.05) is 32.2 Å². The summed E-state index contributed by atoms with van der Waals surface area (Å²) >= 11 is 0. The number of nitrogens with two attached hydrogens (primary N) is 1. The highest BCUT2D eigenvalue weighted by atomic mass is 16.5. The highest BCUT2D eigenvalue weighted by molar-refractivity contribution is 5.21. The molecule has 0 amide bonds. The highest BCUT2D eigenvalue weighted by Gasteiger charge is 2.15. The number of nitrogens with zero attached hydrogens (tertiary/aromatic N) is 1. The third kappa shape index (κ3) is 2.11. The van der Waals surface area contributed by atoms with Gasteiger partial charge < -0.3 is 10.5 Å². The summed E-state index contributed by atoms with van der Waals surface area (Å²) in [4.78, 5) is 4.21. The van der Waals surface area contributed by atoms with Gasteiger partial charge in [-0.05, 0) is 29.9 Å². The van der Waals surface area contributed by atoms with Crippen LogP contribution in [-0.2, 0) is 11.3 Å². The van der Waals surface area contributed by atoms with Crippen molar-refractivity contribution in [1.29, 1.82) is 0 Å². The SMILES string of the molecule is NCc1cncc(C2CCOCC2)c1. The van der Waals surface area contributed by atoms with Gasteiger partial charge in [0.05, 0.1) is 0 Å². The number of hydrogen-bond donors (Lipinski definition) is 1. The Hall–Kier alpha value is -0.930. The fourth-order valence-electron chi connectivity index (χ4n) is 1.87. The van der Waals surface area contributed by atoms with Crippen LogP contribution in [0.2, 0.25) is 0 Å². The number of pyridine rings is 1. The monoisotopic (exact) mass is 192 g/mol. The highest BCUT2D eigenvalue weighted by Crippen LogP contribution is 2.26. The molecule has 0 bridgehead atoms. The summed E-state index contributed by atoms with van der Waals surface area (Å²) in [6.45, 7) is 2.32. The molecule has 0 radical (unpaired) electrons. The van der Waals surface area contributed by atoms with Crippen molar-refractivity contribution in [2.75, 3.05) is 13.2 Å². The second kappa shape index (κ2) is 4.53. The van der Waals surface area contributed by atoms with Crippen LogP contribution in [0.3, 0.4) is 0 Å². The van der Waals surface area contributed by atoms with Crippen LogP contribution < -0.4 is 5.73 Å². The van der Waals surface area contributed by atoms with Crippen LogP contribution in [-0.4, -0.2) is 18.2 Å². The van der Waals surface area contributed by atoms with E-state index < -0.39 is 0 Å². The lowest BCUT2D eigenvalue weighted by Crippen LogP contribution is -2.14. The molecule has 1 aromatic heterocycles. The molecule has 76 valence electrons. The Bertz CT molecular complexity index is 295. The first-order valence-corrected chi connectivity index (χ1v) is 5.12. The molecular weight excluding hydrogens is 176 g/mol. The molecule has 14 heavy (non-hydrogen) atoms. The maximum absolute atomic E-state index is 5.58. The minimum absolute atomic E-state index is 0.573. The van der Waals surface area contributed by atoms with Gasteiger partial charge in [0.15, 0.2) is 0 Å². The molecule has 0 atom stereocenters. The standard InChI is InChI=1S/C11H16N2O/c12-6-9-5-11(8-13-7-9)10-1-3-14-4-2-10/h5,7-8,10H,1-4,6,12H2. The Kier molecular flexibility index (Phi) is 3.11. The lowest BCUT2D eigenvalue weighted by atomic mass is 9.92. The van der Waals surface area contributed by atoms with Gasteiger partial charge in [-0.25, -0.2) is 0 Å². The van der Waals surface area contributed by atoms with Gasteiger partial charge in [-0.3, -0.25) is 4.98 Å². The first-order chi connectivity index (χ1) is 6.90. The van der Waals surface area contributed by atoms with Gasteiger partial charge in [-0.2, -0.15) is 0 Å². The van der Waals surface area contributed by atoms with E-state index in [-0.39, 0.29) is 0 Å². The van der Waals surface area contributed by atoms with Gasteiger partial charge >= 0.3 is 0 Å². The quantitative estimate of drug-likeness (QED) is 0.771. The van der Waals surface area contributed by atoms with Crippen LogP contribution in [0.25, 0.3) is 0 Å². The average molecular weight is 192 g/mol. The van der Waals surface area contributed by atoms with Crippen molar-refractivity contribution in [3.05, 3.63) is 29.6 Å². The molecular formula is C11H16N2O. The molecule has 0 saturated carbocycles. The van der Waals surface area contributed by atoms with Gasteiger partial charge in [-0.15, -0.1) is 0 Å².